The number of H-pyrrole nitrogens is 1. The van der Waals surface area contributed by atoms with Crippen LogP contribution >= 0.6 is 0 Å². The maximum Gasteiger partial charge on any atom is 0.256 e. The smallest absolute Gasteiger partial charge is 0.256 e. The van der Waals surface area contributed by atoms with Crippen LogP contribution in [0, 0.1) is 5.92 Å². The summed E-state index contributed by atoms with van der Waals surface area (Å²) in [5, 5.41) is 3.25. The van der Waals surface area contributed by atoms with Crippen LogP contribution in [0.25, 0.3) is 0 Å². The lowest BCUT2D eigenvalue weighted by atomic mass is 9.79. The highest BCUT2D eigenvalue weighted by atomic mass is 16.5. The molecule has 0 unspecified atom stereocenters. The zero-order chi connectivity index (χ0) is 14.2. The Morgan fingerprint density at radius 1 is 1.35 bits per heavy atom. The summed E-state index contributed by atoms with van der Waals surface area (Å²) in [7, 11) is 1.73. The number of aromatic amines is 1. The van der Waals surface area contributed by atoms with Crippen molar-refractivity contribution >= 4 is 5.82 Å². The van der Waals surface area contributed by atoms with E-state index in [2.05, 4.69) is 22.2 Å². The van der Waals surface area contributed by atoms with Crippen LogP contribution in [0.15, 0.2) is 4.79 Å². The van der Waals surface area contributed by atoms with E-state index in [-0.39, 0.29) is 5.56 Å². The lowest BCUT2D eigenvalue weighted by molar-refractivity contribution is -0.0598. The Balaban J connectivity index is 2.00. The average Bonchev–Trinajstić information content (AvgIpc) is 2.48. The largest absolute Gasteiger partial charge is 0.370 e. The van der Waals surface area contributed by atoms with Crippen LogP contribution in [0.1, 0.15) is 50.4 Å². The molecule has 2 heterocycles. The topological polar surface area (TPSA) is 67.0 Å². The molecule has 0 spiro atoms. The van der Waals surface area contributed by atoms with Gasteiger partial charge in [0.15, 0.2) is 0 Å². The van der Waals surface area contributed by atoms with Gasteiger partial charge < -0.3 is 15.0 Å². The van der Waals surface area contributed by atoms with Crippen LogP contribution in [-0.4, -0.2) is 23.6 Å². The fourth-order valence-corrected chi connectivity index (χ4v) is 3.33. The molecule has 0 saturated heterocycles. The first-order valence-corrected chi connectivity index (χ1v) is 7.57. The number of rotatable bonds is 2. The molecule has 3 rings (SSSR count). The fourth-order valence-electron chi connectivity index (χ4n) is 3.33. The van der Waals surface area contributed by atoms with Gasteiger partial charge in [0.1, 0.15) is 17.2 Å². The van der Waals surface area contributed by atoms with E-state index in [1.807, 2.05) is 0 Å². The number of nitrogens with zero attached hydrogens (tertiary/aromatic N) is 1. The lowest BCUT2D eigenvalue weighted by Gasteiger charge is -2.37. The first-order valence-electron chi connectivity index (χ1n) is 7.57. The summed E-state index contributed by atoms with van der Waals surface area (Å²) in [5.74, 6) is 2.18. The van der Waals surface area contributed by atoms with Crippen LogP contribution in [0.2, 0.25) is 0 Å². The van der Waals surface area contributed by atoms with E-state index in [9.17, 15) is 4.79 Å². The van der Waals surface area contributed by atoms with Gasteiger partial charge in [0.25, 0.3) is 5.56 Å². The number of anilines is 1. The molecule has 1 aromatic rings. The van der Waals surface area contributed by atoms with Crippen LogP contribution in [0.5, 0.6) is 0 Å². The number of fused-ring (bicyclic) bond motifs is 1. The summed E-state index contributed by atoms with van der Waals surface area (Å²) in [5.41, 5.74) is 0.363. The molecule has 1 fully saturated rings. The van der Waals surface area contributed by atoms with Gasteiger partial charge in [0, 0.05) is 13.7 Å². The molecular weight excluding hydrogens is 254 g/mol. The van der Waals surface area contributed by atoms with E-state index < -0.39 is 5.60 Å². The molecule has 2 aliphatic rings. The van der Waals surface area contributed by atoms with E-state index in [4.69, 9.17) is 4.74 Å². The maximum absolute atomic E-state index is 12.3. The molecule has 1 saturated carbocycles. The third-order valence-electron chi connectivity index (χ3n) is 4.82. The monoisotopic (exact) mass is 277 g/mol. The van der Waals surface area contributed by atoms with Gasteiger partial charge in [-0.2, -0.15) is 0 Å². The van der Waals surface area contributed by atoms with Gasteiger partial charge in [-0.1, -0.05) is 6.92 Å². The molecule has 0 amide bonds. The molecule has 2 N–H and O–H groups in total. The van der Waals surface area contributed by atoms with Gasteiger partial charge in [-0.25, -0.2) is 4.98 Å². The van der Waals surface area contributed by atoms with Gasteiger partial charge >= 0.3 is 0 Å². The highest BCUT2D eigenvalue weighted by Gasteiger charge is 2.39. The maximum atomic E-state index is 12.3. The number of nitrogens with one attached hydrogen (secondary N) is 2. The standard InChI is InChI=1S/C15H23N3O2/c1-10-5-7-15(20-2,8-6-10)14-17-12-11(13(19)18-14)4-3-9-16-12/h10H,3-9H2,1-2H3,(H2,16,17,18,19). The van der Waals surface area contributed by atoms with Crippen molar-refractivity contribution in [3.63, 3.8) is 0 Å². The lowest BCUT2D eigenvalue weighted by Crippen LogP contribution is -2.38. The Bertz CT molecular complexity index is 545. The van der Waals surface area contributed by atoms with Crippen molar-refractivity contribution in [2.45, 2.75) is 51.0 Å². The van der Waals surface area contributed by atoms with Crippen molar-refractivity contribution < 1.29 is 4.74 Å². The molecule has 1 aliphatic heterocycles. The van der Waals surface area contributed by atoms with E-state index in [1.165, 1.54) is 0 Å². The van der Waals surface area contributed by atoms with Crippen LogP contribution in [-0.2, 0) is 16.8 Å². The predicted molar refractivity (Wildman–Crippen MR) is 78.0 cm³/mol. The Hall–Kier alpha value is -1.36. The predicted octanol–water partition coefficient (Wildman–Crippen LogP) is 2.18. The SMILES string of the molecule is COC1(c2nc3c(c(=O)[nH]2)CCCN3)CCC(C)CC1. The molecule has 0 bridgehead atoms. The van der Waals surface area contributed by atoms with Crippen LogP contribution in [0.4, 0.5) is 5.82 Å². The summed E-state index contributed by atoms with van der Waals surface area (Å²) in [6.07, 6.45) is 5.87. The van der Waals surface area contributed by atoms with Crippen molar-refractivity contribution in [3.8, 4) is 0 Å². The van der Waals surface area contributed by atoms with E-state index in [1.54, 1.807) is 7.11 Å². The van der Waals surface area contributed by atoms with Crippen molar-refractivity contribution in [3.05, 3.63) is 21.7 Å². The Kier molecular flexibility index (Phi) is 3.54. The summed E-state index contributed by atoms with van der Waals surface area (Å²) in [6, 6.07) is 0. The quantitative estimate of drug-likeness (QED) is 0.869. The van der Waals surface area contributed by atoms with E-state index >= 15 is 0 Å². The average molecular weight is 277 g/mol. The molecule has 1 aromatic heterocycles. The third kappa shape index (κ3) is 2.24. The fraction of sp³-hybridized carbons (Fsp3) is 0.733. The molecule has 5 nitrogen and oxygen atoms in total. The summed E-state index contributed by atoms with van der Waals surface area (Å²) >= 11 is 0. The first-order chi connectivity index (χ1) is 9.64. The van der Waals surface area contributed by atoms with Gasteiger partial charge in [-0.05, 0) is 44.4 Å². The summed E-state index contributed by atoms with van der Waals surface area (Å²) < 4.78 is 5.80. The van der Waals surface area contributed by atoms with Crippen molar-refractivity contribution in [1.29, 1.82) is 0 Å². The molecule has 110 valence electrons. The molecule has 5 heteroatoms. The number of hydrogen-bond donors (Lipinski definition) is 2. The highest BCUT2D eigenvalue weighted by Crippen LogP contribution is 2.40. The minimum atomic E-state index is -0.417. The third-order valence-corrected chi connectivity index (χ3v) is 4.82. The van der Waals surface area contributed by atoms with E-state index in [0.29, 0.717) is 5.82 Å². The number of aromatic nitrogens is 2. The van der Waals surface area contributed by atoms with Gasteiger partial charge in [-0.3, -0.25) is 4.79 Å². The molecule has 1 aliphatic carbocycles. The minimum Gasteiger partial charge on any atom is -0.370 e. The normalized spacial score (nSPS) is 29.6. The Morgan fingerprint density at radius 2 is 2.10 bits per heavy atom. The van der Waals surface area contributed by atoms with Gasteiger partial charge in [0.2, 0.25) is 0 Å². The number of ether oxygens (including phenoxy) is 1. The van der Waals surface area contributed by atoms with Crippen molar-refractivity contribution in [2.24, 2.45) is 5.92 Å². The summed E-state index contributed by atoms with van der Waals surface area (Å²) in [4.78, 5) is 19.9. The highest BCUT2D eigenvalue weighted by molar-refractivity contribution is 5.45. The summed E-state index contributed by atoms with van der Waals surface area (Å²) in [6.45, 7) is 3.16. The number of methoxy groups -OCH3 is 1. The second kappa shape index (κ2) is 5.20. The Morgan fingerprint density at radius 3 is 2.80 bits per heavy atom. The molecule has 0 aromatic carbocycles. The van der Waals surface area contributed by atoms with Crippen LogP contribution in [0.3, 0.4) is 0 Å². The molecule has 0 radical (unpaired) electrons. The van der Waals surface area contributed by atoms with Crippen molar-refractivity contribution in [2.75, 3.05) is 19.0 Å². The van der Waals surface area contributed by atoms with Crippen molar-refractivity contribution in [1.82, 2.24) is 9.97 Å². The second-order valence-electron chi connectivity index (χ2n) is 6.15. The molecule has 20 heavy (non-hydrogen) atoms. The zero-order valence-electron chi connectivity index (χ0n) is 12.3. The second-order valence-corrected chi connectivity index (χ2v) is 6.15. The van der Waals surface area contributed by atoms with E-state index in [0.717, 1.165) is 62.4 Å². The zero-order valence-corrected chi connectivity index (χ0v) is 12.3. The first kappa shape index (κ1) is 13.6. The van der Waals surface area contributed by atoms with Gasteiger partial charge in [-0.15, -0.1) is 0 Å². The number of hydrogen-bond acceptors (Lipinski definition) is 4. The van der Waals surface area contributed by atoms with Crippen LogP contribution < -0.4 is 10.9 Å². The Labute approximate surface area is 119 Å². The molecular formula is C15H23N3O2. The minimum absolute atomic E-state index is 0.00718. The van der Waals surface area contributed by atoms with Gasteiger partial charge in [0.05, 0.1) is 5.56 Å². The molecule has 0 atom stereocenters.